The molecule has 3 rings (SSSR count). The number of aryl methyl sites for hydroxylation is 3. The number of nitrogens with zero attached hydrogens (tertiary/aromatic N) is 1. The fourth-order valence-electron chi connectivity index (χ4n) is 3.87. The number of hydrogen-bond donors (Lipinski definition) is 0. The zero-order chi connectivity index (χ0) is 20.6. The van der Waals surface area contributed by atoms with Gasteiger partial charge in [-0.2, -0.15) is 0 Å². The van der Waals surface area contributed by atoms with Gasteiger partial charge in [0, 0.05) is 32.0 Å². The Balaban J connectivity index is 1.59. The first-order chi connectivity index (χ1) is 14.1. The molecule has 1 aromatic carbocycles. The summed E-state index contributed by atoms with van der Waals surface area (Å²) in [6, 6.07) is 12.1. The fraction of sp³-hybridized carbons (Fsp3) is 0.500. The highest BCUT2D eigenvalue weighted by molar-refractivity contribution is 5.95. The van der Waals surface area contributed by atoms with E-state index in [4.69, 9.17) is 9.15 Å². The number of carbonyl (C=O) groups is 1. The molecule has 1 saturated heterocycles. The molecule has 0 aliphatic carbocycles. The second-order valence-electron chi connectivity index (χ2n) is 7.88. The van der Waals surface area contributed by atoms with Gasteiger partial charge in [0.1, 0.15) is 11.3 Å². The molecule has 1 aliphatic heterocycles. The minimum Gasteiger partial charge on any atom is -0.427 e. The first-order valence-corrected chi connectivity index (χ1v) is 10.6. The second-order valence-corrected chi connectivity index (χ2v) is 7.88. The zero-order valence-electron chi connectivity index (χ0n) is 17.5. The lowest BCUT2D eigenvalue weighted by molar-refractivity contribution is 0.0749. The smallest absolute Gasteiger partial charge is 0.349 e. The highest BCUT2D eigenvalue weighted by Crippen LogP contribution is 2.20. The van der Waals surface area contributed by atoms with Gasteiger partial charge >= 0.3 is 5.63 Å². The van der Waals surface area contributed by atoms with Crippen LogP contribution in [-0.4, -0.2) is 37.1 Å². The summed E-state index contributed by atoms with van der Waals surface area (Å²) >= 11 is 0. The van der Waals surface area contributed by atoms with Crippen molar-refractivity contribution < 1.29 is 13.9 Å². The van der Waals surface area contributed by atoms with Crippen molar-refractivity contribution in [1.29, 1.82) is 0 Å². The first kappa shape index (κ1) is 21.3. The SMILES string of the molecule is CCCOCC1CCN(C(=O)c2c(C)cc(CCCc3ccccc3)oc2=O)C1. The van der Waals surface area contributed by atoms with Crippen LogP contribution in [-0.2, 0) is 17.6 Å². The van der Waals surface area contributed by atoms with Crippen molar-refractivity contribution in [2.45, 2.75) is 46.0 Å². The van der Waals surface area contributed by atoms with Crippen molar-refractivity contribution in [3.63, 3.8) is 0 Å². The Labute approximate surface area is 172 Å². The van der Waals surface area contributed by atoms with E-state index < -0.39 is 5.63 Å². The summed E-state index contributed by atoms with van der Waals surface area (Å²) in [6.45, 7) is 6.63. The van der Waals surface area contributed by atoms with E-state index in [-0.39, 0.29) is 11.5 Å². The minimum atomic E-state index is -0.518. The molecule has 0 bridgehead atoms. The van der Waals surface area contributed by atoms with Gasteiger partial charge in [-0.3, -0.25) is 4.79 Å². The molecule has 0 saturated carbocycles. The average Bonchev–Trinajstić information content (AvgIpc) is 3.17. The van der Waals surface area contributed by atoms with Gasteiger partial charge in [-0.25, -0.2) is 4.79 Å². The number of rotatable bonds is 9. The second kappa shape index (κ2) is 10.4. The molecule has 1 amide bonds. The molecule has 0 radical (unpaired) electrons. The predicted octanol–water partition coefficient (Wildman–Crippen LogP) is 4.01. The largest absolute Gasteiger partial charge is 0.427 e. The maximum atomic E-state index is 12.9. The Hall–Kier alpha value is -2.40. The summed E-state index contributed by atoms with van der Waals surface area (Å²) < 4.78 is 11.1. The molecule has 1 aliphatic rings. The van der Waals surface area contributed by atoms with Crippen LogP contribution in [0.25, 0.3) is 0 Å². The molecule has 1 aromatic heterocycles. The van der Waals surface area contributed by atoms with Gasteiger partial charge in [0.25, 0.3) is 5.91 Å². The molecule has 156 valence electrons. The van der Waals surface area contributed by atoms with E-state index in [2.05, 4.69) is 19.1 Å². The van der Waals surface area contributed by atoms with Crippen molar-refractivity contribution in [1.82, 2.24) is 4.90 Å². The Morgan fingerprint density at radius 3 is 2.76 bits per heavy atom. The minimum absolute atomic E-state index is 0.173. The standard InChI is InChI=1S/C24H31NO4/c1-3-14-28-17-20-12-13-25(16-20)23(26)22-18(2)15-21(29-24(22)27)11-7-10-19-8-5-4-6-9-19/h4-6,8-9,15,20H,3,7,10-14,16-17H2,1-2H3. The summed E-state index contributed by atoms with van der Waals surface area (Å²) in [5.41, 5.74) is 1.62. The lowest BCUT2D eigenvalue weighted by Gasteiger charge is -2.17. The Bertz CT molecular complexity index is 859. The molecule has 2 aromatic rings. The van der Waals surface area contributed by atoms with Gasteiger partial charge in [0.15, 0.2) is 0 Å². The number of hydrogen-bond acceptors (Lipinski definition) is 4. The molecule has 0 spiro atoms. The Kier molecular flexibility index (Phi) is 7.64. The van der Waals surface area contributed by atoms with Crippen molar-refractivity contribution in [2.75, 3.05) is 26.3 Å². The van der Waals surface area contributed by atoms with Crippen LogP contribution in [0, 0.1) is 12.8 Å². The quantitative estimate of drug-likeness (QED) is 0.600. The highest BCUT2D eigenvalue weighted by Gasteiger charge is 2.30. The van der Waals surface area contributed by atoms with E-state index in [1.54, 1.807) is 4.90 Å². The lowest BCUT2D eigenvalue weighted by atomic mass is 10.1. The van der Waals surface area contributed by atoms with E-state index in [9.17, 15) is 9.59 Å². The summed E-state index contributed by atoms with van der Waals surface area (Å²) in [5, 5.41) is 0. The van der Waals surface area contributed by atoms with Gasteiger partial charge in [-0.05, 0) is 49.8 Å². The zero-order valence-corrected chi connectivity index (χ0v) is 17.5. The van der Waals surface area contributed by atoms with Crippen LogP contribution in [0.2, 0.25) is 0 Å². The first-order valence-electron chi connectivity index (χ1n) is 10.6. The van der Waals surface area contributed by atoms with E-state index in [0.29, 0.717) is 43.4 Å². The molecule has 1 unspecified atom stereocenters. The maximum absolute atomic E-state index is 12.9. The average molecular weight is 398 g/mol. The van der Waals surface area contributed by atoms with Crippen LogP contribution in [0.15, 0.2) is 45.6 Å². The molecule has 1 atom stereocenters. The van der Waals surface area contributed by atoms with E-state index in [0.717, 1.165) is 32.3 Å². The Morgan fingerprint density at radius 1 is 1.24 bits per heavy atom. The molecule has 5 nitrogen and oxygen atoms in total. The van der Waals surface area contributed by atoms with Crippen molar-refractivity contribution in [3.05, 3.63) is 69.3 Å². The summed E-state index contributed by atoms with van der Waals surface area (Å²) in [7, 11) is 0. The molecule has 5 heteroatoms. The normalized spacial score (nSPS) is 16.3. The van der Waals surface area contributed by atoms with Gasteiger partial charge in [-0.15, -0.1) is 0 Å². The summed E-state index contributed by atoms with van der Waals surface area (Å²) in [6.07, 6.45) is 4.41. The summed E-state index contributed by atoms with van der Waals surface area (Å²) in [4.78, 5) is 27.2. The van der Waals surface area contributed by atoms with E-state index in [1.165, 1.54) is 5.56 Å². The molecular weight excluding hydrogens is 366 g/mol. The van der Waals surface area contributed by atoms with Crippen molar-refractivity contribution in [3.8, 4) is 0 Å². The number of likely N-dealkylation sites (tertiary alicyclic amines) is 1. The molecule has 1 fully saturated rings. The summed E-state index contributed by atoms with van der Waals surface area (Å²) in [5.74, 6) is 0.771. The topological polar surface area (TPSA) is 59.8 Å². The monoisotopic (exact) mass is 397 g/mol. The van der Waals surface area contributed by atoms with Crippen LogP contribution in [0.5, 0.6) is 0 Å². The number of ether oxygens (including phenoxy) is 1. The van der Waals surface area contributed by atoms with Crippen LogP contribution in [0.1, 0.15) is 53.4 Å². The van der Waals surface area contributed by atoms with Crippen LogP contribution < -0.4 is 5.63 Å². The third kappa shape index (κ3) is 5.80. The lowest BCUT2D eigenvalue weighted by Crippen LogP contribution is -2.33. The molecule has 29 heavy (non-hydrogen) atoms. The molecule has 0 N–H and O–H groups in total. The van der Waals surface area contributed by atoms with Crippen molar-refractivity contribution >= 4 is 5.91 Å². The predicted molar refractivity (Wildman–Crippen MR) is 113 cm³/mol. The van der Waals surface area contributed by atoms with E-state index >= 15 is 0 Å². The fourth-order valence-corrected chi connectivity index (χ4v) is 3.87. The molecular formula is C24H31NO4. The maximum Gasteiger partial charge on any atom is 0.349 e. The number of benzene rings is 1. The van der Waals surface area contributed by atoms with Crippen LogP contribution in [0.4, 0.5) is 0 Å². The van der Waals surface area contributed by atoms with Crippen LogP contribution in [0.3, 0.4) is 0 Å². The van der Waals surface area contributed by atoms with Gasteiger partial charge in [0.2, 0.25) is 0 Å². The number of amides is 1. The molecule has 2 heterocycles. The van der Waals surface area contributed by atoms with Gasteiger partial charge in [-0.1, -0.05) is 37.3 Å². The van der Waals surface area contributed by atoms with Gasteiger partial charge < -0.3 is 14.1 Å². The van der Waals surface area contributed by atoms with Gasteiger partial charge in [0.05, 0.1) is 6.61 Å². The van der Waals surface area contributed by atoms with Crippen molar-refractivity contribution in [2.24, 2.45) is 5.92 Å². The third-order valence-electron chi connectivity index (χ3n) is 5.42. The number of carbonyl (C=O) groups excluding carboxylic acids is 1. The Morgan fingerprint density at radius 2 is 2.03 bits per heavy atom. The highest BCUT2D eigenvalue weighted by atomic mass is 16.5. The third-order valence-corrected chi connectivity index (χ3v) is 5.42. The van der Waals surface area contributed by atoms with E-state index in [1.807, 2.05) is 31.2 Å². The van der Waals surface area contributed by atoms with Crippen LogP contribution >= 0.6 is 0 Å².